The van der Waals surface area contributed by atoms with Crippen LogP contribution in [0.3, 0.4) is 0 Å². The van der Waals surface area contributed by atoms with Gasteiger partial charge in [-0.15, -0.1) is 5.10 Å². The molecule has 0 aliphatic carbocycles. The molecule has 2 heterocycles. The third-order valence-corrected chi connectivity index (χ3v) is 5.46. The Bertz CT molecular complexity index is 921. The van der Waals surface area contributed by atoms with E-state index in [2.05, 4.69) is 15.2 Å². The number of nitro groups is 1. The van der Waals surface area contributed by atoms with Crippen molar-refractivity contribution in [2.24, 2.45) is 0 Å². The highest BCUT2D eigenvalue weighted by molar-refractivity contribution is 8.04. The Balaban J connectivity index is 1.87. The highest BCUT2D eigenvalue weighted by Gasteiger charge is 2.21. The number of aliphatic carboxylic acids is 1. The van der Waals surface area contributed by atoms with E-state index < -0.39 is 10.9 Å². The van der Waals surface area contributed by atoms with Crippen LogP contribution in [0.25, 0.3) is 6.08 Å². The smallest absolute Gasteiger partial charge is 0.293 e. The summed E-state index contributed by atoms with van der Waals surface area (Å²) in [6, 6.07) is 4.76. The number of H-pyrrole nitrogens is 1. The highest BCUT2D eigenvalue weighted by Crippen LogP contribution is 2.33. The maximum absolute atomic E-state index is 11.6. The zero-order valence-corrected chi connectivity index (χ0v) is 16.9. The molecule has 0 radical (unpaired) electrons. The second kappa shape index (κ2) is 9.55. The van der Waals surface area contributed by atoms with E-state index in [1.807, 2.05) is 11.8 Å². The molecule has 1 fully saturated rings. The van der Waals surface area contributed by atoms with Crippen molar-refractivity contribution in [1.29, 1.82) is 0 Å². The minimum absolute atomic E-state index is 0.0357. The van der Waals surface area contributed by atoms with Gasteiger partial charge in [0.05, 0.1) is 10.9 Å². The van der Waals surface area contributed by atoms with Crippen LogP contribution in [0.1, 0.15) is 44.0 Å². The molecule has 1 N–H and O–H groups in total. The van der Waals surface area contributed by atoms with Crippen LogP contribution in [-0.2, 0) is 11.2 Å². The number of thioether (sulfide) groups is 1. The Labute approximate surface area is 172 Å². The molecule has 1 aromatic carbocycles. The van der Waals surface area contributed by atoms with Gasteiger partial charge in [-0.2, -0.15) is 0 Å². The Hall–Kier alpha value is -2.88. The van der Waals surface area contributed by atoms with Crippen LogP contribution in [-0.4, -0.2) is 39.2 Å². The molecule has 1 aliphatic heterocycles. The molecule has 1 aliphatic rings. The van der Waals surface area contributed by atoms with Crippen LogP contribution < -0.4 is 10.0 Å². The first-order valence-corrected chi connectivity index (χ1v) is 10.3. The Morgan fingerprint density at radius 2 is 2.10 bits per heavy atom. The molecule has 3 rings (SSSR count). The lowest BCUT2D eigenvalue weighted by Gasteiger charge is -2.28. The van der Waals surface area contributed by atoms with Crippen molar-refractivity contribution >= 4 is 35.2 Å². The van der Waals surface area contributed by atoms with Crippen LogP contribution in [0.15, 0.2) is 28.3 Å². The number of carboxylic acid groups (broad SMARTS) is 1. The van der Waals surface area contributed by atoms with E-state index in [1.54, 1.807) is 12.1 Å². The number of carbonyl (C=O) groups is 1. The van der Waals surface area contributed by atoms with E-state index in [0.717, 1.165) is 50.5 Å². The SMILES string of the molecule is CCCc1nc(S/C(=C/c2ccc(N3CCCCC3)c([N+](=O)[O-])c2)C(=O)[O-])n[nH]1. The molecule has 9 nitrogen and oxygen atoms in total. The van der Waals surface area contributed by atoms with Gasteiger partial charge < -0.3 is 14.8 Å². The normalized spacial score (nSPS) is 14.8. The zero-order valence-electron chi connectivity index (χ0n) is 16.1. The molecular weight excluding hydrogens is 394 g/mol. The minimum Gasteiger partial charge on any atom is -0.544 e. The number of nitrogens with one attached hydrogen (secondary N) is 1. The van der Waals surface area contributed by atoms with Gasteiger partial charge in [-0.05, 0) is 55.2 Å². The molecule has 0 amide bonds. The number of nitrogens with zero attached hydrogens (tertiary/aromatic N) is 4. The number of carboxylic acids is 1. The van der Waals surface area contributed by atoms with Gasteiger partial charge in [-0.3, -0.25) is 15.2 Å². The van der Waals surface area contributed by atoms with E-state index in [9.17, 15) is 20.0 Å². The summed E-state index contributed by atoms with van der Waals surface area (Å²) in [7, 11) is 0. The van der Waals surface area contributed by atoms with Gasteiger partial charge in [0.25, 0.3) is 5.69 Å². The third kappa shape index (κ3) is 5.35. The molecule has 154 valence electrons. The van der Waals surface area contributed by atoms with Crippen molar-refractivity contribution in [1.82, 2.24) is 15.2 Å². The summed E-state index contributed by atoms with van der Waals surface area (Å²) in [5, 5.41) is 30.2. The molecule has 0 saturated carbocycles. The average molecular weight is 416 g/mol. The fraction of sp³-hybridized carbons (Fsp3) is 0.421. The van der Waals surface area contributed by atoms with Crippen molar-refractivity contribution in [3.05, 3.63) is 44.6 Å². The summed E-state index contributed by atoms with van der Waals surface area (Å²) in [5.74, 6) is -0.714. The number of rotatable bonds is 8. The number of benzene rings is 1. The number of hydrogen-bond acceptors (Lipinski definition) is 8. The van der Waals surface area contributed by atoms with Crippen LogP contribution in [0.5, 0.6) is 0 Å². The number of hydrogen-bond donors (Lipinski definition) is 1. The van der Waals surface area contributed by atoms with Crippen LogP contribution >= 0.6 is 11.8 Å². The molecule has 0 spiro atoms. The first-order chi connectivity index (χ1) is 14.0. The highest BCUT2D eigenvalue weighted by atomic mass is 32.2. The standard InChI is InChI=1S/C19H23N5O4S/c1-2-6-17-20-19(22-21-17)29-16(18(25)26)12-13-7-8-14(15(11-13)24(27)28)23-9-4-3-5-10-23/h7-8,11-12H,2-6,9-10H2,1H3,(H,25,26)(H,20,21,22)/p-1/b16-12+. The molecule has 1 aromatic heterocycles. The van der Waals surface area contributed by atoms with Crippen molar-refractivity contribution in [3.8, 4) is 0 Å². The first-order valence-electron chi connectivity index (χ1n) is 9.53. The van der Waals surface area contributed by atoms with E-state index >= 15 is 0 Å². The van der Waals surface area contributed by atoms with Crippen LogP contribution in [0.2, 0.25) is 0 Å². The third-order valence-electron chi connectivity index (χ3n) is 4.59. The van der Waals surface area contributed by atoms with E-state index in [-0.39, 0.29) is 15.7 Å². The number of anilines is 1. The van der Waals surface area contributed by atoms with Crippen molar-refractivity contribution in [2.45, 2.75) is 44.2 Å². The lowest BCUT2D eigenvalue weighted by Crippen LogP contribution is -2.29. The number of nitro benzene ring substituents is 1. The number of carbonyl (C=O) groups excluding carboxylic acids is 1. The Morgan fingerprint density at radius 1 is 1.34 bits per heavy atom. The van der Waals surface area contributed by atoms with Crippen molar-refractivity contribution in [3.63, 3.8) is 0 Å². The number of aromatic amines is 1. The zero-order chi connectivity index (χ0) is 20.8. The van der Waals surface area contributed by atoms with E-state index in [4.69, 9.17) is 0 Å². The summed E-state index contributed by atoms with van der Waals surface area (Å²) in [6.45, 7) is 3.56. The topological polar surface area (TPSA) is 128 Å². The molecular formula is C19H22N5O4S-. The lowest BCUT2D eigenvalue weighted by molar-refractivity contribution is -0.384. The molecule has 1 saturated heterocycles. The second-order valence-corrected chi connectivity index (χ2v) is 7.77. The summed E-state index contributed by atoms with van der Waals surface area (Å²) < 4.78 is 0. The van der Waals surface area contributed by atoms with Gasteiger partial charge in [0.15, 0.2) is 0 Å². The molecule has 29 heavy (non-hydrogen) atoms. The van der Waals surface area contributed by atoms with E-state index in [0.29, 0.717) is 23.5 Å². The summed E-state index contributed by atoms with van der Waals surface area (Å²) in [4.78, 5) is 28.8. The minimum atomic E-state index is -1.39. The number of aromatic nitrogens is 3. The second-order valence-electron chi connectivity index (χ2n) is 6.77. The number of piperidine rings is 1. The average Bonchev–Trinajstić information content (AvgIpc) is 3.15. The Kier molecular flexibility index (Phi) is 6.86. The summed E-state index contributed by atoms with van der Waals surface area (Å²) in [6.07, 6.45) is 6.07. The first kappa shape index (κ1) is 20.8. The molecule has 0 atom stereocenters. The fourth-order valence-corrected chi connectivity index (χ4v) is 3.95. The fourth-order valence-electron chi connectivity index (χ4n) is 3.23. The van der Waals surface area contributed by atoms with Gasteiger partial charge in [-0.1, -0.05) is 13.0 Å². The van der Waals surface area contributed by atoms with Gasteiger partial charge in [-0.25, -0.2) is 4.98 Å². The molecule has 2 aromatic rings. The number of aryl methyl sites for hydroxylation is 1. The molecule has 0 unspecified atom stereocenters. The van der Waals surface area contributed by atoms with Crippen molar-refractivity contribution < 1.29 is 14.8 Å². The molecule has 0 bridgehead atoms. The monoisotopic (exact) mass is 416 g/mol. The maximum atomic E-state index is 11.6. The van der Waals surface area contributed by atoms with Crippen molar-refractivity contribution in [2.75, 3.05) is 18.0 Å². The summed E-state index contributed by atoms with van der Waals surface area (Å²) in [5.41, 5.74) is 0.938. The quantitative estimate of drug-likeness (QED) is 0.301. The van der Waals surface area contributed by atoms with E-state index in [1.165, 1.54) is 12.1 Å². The van der Waals surface area contributed by atoms with Gasteiger partial charge in [0.1, 0.15) is 11.5 Å². The van der Waals surface area contributed by atoms with Gasteiger partial charge >= 0.3 is 0 Å². The van der Waals surface area contributed by atoms with Crippen LogP contribution in [0, 0.1) is 10.1 Å². The van der Waals surface area contributed by atoms with Gasteiger partial charge in [0, 0.05) is 30.5 Å². The largest absolute Gasteiger partial charge is 0.544 e. The Morgan fingerprint density at radius 3 is 2.76 bits per heavy atom. The maximum Gasteiger partial charge on any atom is 0.293 e. The molecule has 10 heteroatoms. The predicted octanol–water partition coefficient (Wildman–Crippen LogP) is 2.54. The lowest BCUT2D eigenvalue weighted by atomic mass is 10.1. The van der Waals surface area contributed by atoms with Gasteiger partial charge in [0.2, 0.25) is 5.16 Å². The van der Waals surface area contributed by atoms with Crippen LogP contribution in [0.4, 0.5) is 11.4 Å². The summed E-state index contributed by atoms with van der Waals surface area (Å²) >= 11 is 0.850. The predicted molar refractivity (Wildman–Crippen MR) is 108 cm³/mol.